The summed E-state index contributed by atoms with van der Waals surface area (Å²) < 4.78 is 23.2. The number of hydrogen-bond acceptors (Lipinski definition) is 6. The molecule has 0 saturated carbocycles. The summed E-state index contributed by atoms with van der Waals surface area (Å²) in [4.78, 5) is 14.7. The smallest absolute Gasteiger partial charge is 0.238 e. The number of primary sulfonamides is 1. The van der Waals surface area contributed by atoms with Crippen molar-refractivity contribution in [1.82, 2.24) is 0 Å². The second-order valence-corrected chi connectivity index (χ2v) is 8.83. The second kappa shape index (κ2) is 7.44. The largest absolute Gasteiger partial charge is 0.384 e. The summed E-state index contributed by atoms with van der Waals surface area (Å²) in [6, 6.07) is 17.5. The summed E-state index contributed by atoms with van der Waals surface area (Å²) in [6.07, 6.45) is 1.72. The summed E-state index contributed by atoms with van der Waals surface area (Å²) in [7, 11) is -3.84. The summed E-state index contributed by atoms with van der Waals surface area (Å²) in [6.45, 7) is 0. The molecule has 30 heavy (non-hydrogen) atoms. The third-order valence-electron chi connectivity index (χ3n) is 5.47. The fourth-order valence-corrected chi connectivity index (χ4v) is 4.66. The van der Waals surface area contributed by atoms with Gasteiger partial charge in [0.25, 0.3) is 0 Å². The molecule has 0 saturated heterocycles. The number of Topliss-reactive ketones (excluding diaryl/α,β-unsaturated/α-hetero) is 1. The molecule has 0 aromatic heterocycles. The van der Waals surface area contributed by atoms with E-state index in [1.54, 1.807) is 17.0 Å². The van der Waals surface area contributed by atoms with Crippen molar-refractivity contribution >= 4 is 21.5 Å². The minimum Gasteiger partial charge on any atom is -0.384 e. The number of rotatable bonds is 3. The molecule has 1 aliphatic carbocycles. The predicted molar refractivity (Wildman–Crippen MR) is 112 cm³/mol. The molecule has 1 atom stereocenters. The Hall–Kier alpha value is -3.41. The molecule has 0 radical (unpaired) electrons. The molecule has 7 nitrogen and oxygen atoms in total. The van der Waals surface area contributed by atoms with Crippen LogP contribution in [-0.2, 0) is 14.8 Å². The van der Waals surface area contributed by atoms with E-state index in [9.17, 15) is 18.5 Å². The maximum absolute atomic E-state index is 13.0. The van der Waals surface area contributed by atoms with Gasteiger partial charge < -0.3 is 5.73 Å². The van der Waals surface area contributed by atoms with Gasteiger partial charge in [-0.1, -0.05) is 30.3 Å². The van der Waals surface area contributed by atoms with Crippen LogP contribution in [0.2, 0.25) is 0 Å². The van der Waals surface area contributed by atoms with Crippen LogP contribution < -0.4 is 15.8 Å². The molecule has 0 spiro atoms. The zero-order chi connectivity index (χ0) is 21.5. The lowest BCUT2D eigenvalue weighted by molar-refractivity contribution is -0.116. The fraction of sp³-hybridized carbons (Fsp3) is 0.182. The Balaban J connectivity index is 1.92. The standard InChI is InChI=1S/C22H20N4O3S/c23-13-17-20(14-5-2-1-3-6-14)21-18(7-4-8-19(21)27)26(22(17)24)15-9-11-16(12-10-15)30(25,28)29/h1-3,5-6,9-12,20H,4,7-8,24H2,(H2,25,28,29)/t20-/m0/s1. The Bertz CT molecular complexity index is 1220. The van der Waals surface area contributed by atoms with Gasteiger partial charge in [0.15, 0.2) is 5.78 Å². The Labute approximate surface area is 175 Å². The van der Waals surface area contributed by atoms with Crippen LogP contribution in [0, 0.1) is 11.3 Å². The van der Waals surface area contributed by atoms with Crippen LogP contribution in [0.1, 0.15) is 30.7 Å². The van der Waals surface area contributed by atoms with E-state index in [0.717, 1.165) is 11.3 Å². The molecule has 2 aromatic rings. The van der Waals surface area contributed by atoms with Gasteiger partial charge in [-0.3, -0.25) is 9.69 Å². The van der Waals surface area contributed by atoms with Crippen LogP contribution in [-0.4, -0.2) is 14.2 Å². The Kier molecular flexibility index (Phi) is 4.94. The van der Waals surface area contributed by atoms with E-state index in [4.69, 9.17) is 10.9 Å². The lowest BCUT2D eigenvalue weighted by atomic mass is 9.75. The van der Waals surface area contributed by atoms with Gasteiger partial charge in [0.2, 0.25) is 10.0 Å². The fourth-order valence-electron chi connectivity index (χ4n) is 4.15. The topological polar surface area (TPSA) is 130 Å². The average Bonchev–Trinajstić information content (AvgIpc) is 2.73. The van der Waals surface area contributed by atoms with Gasteiger partial charge in [0.05, 0.1) is 22.5 Å². The third kappa shape index (κ3) is 3.28. The molecule has 0 fully saturated rings. The Morgan fingerprint density at radius 3 is 2.30 bits per heavy atom. The number of ketones is 1. The normalized spacial score (nSPS) is 19.5. The highest BCUT2D eigenvalue weighted by atomic mass is 32.2. The highest BCUT2D eigenvalue weighted by molar-refractivity contribution is 7.89. The van der Waals surface area contributed by atoms with Gasteiger partial charge in [-0.25, -0.2) is 13.6 Å². The van der Waals surface area contributed by atoms with Crippen LogP contribution >= 0.6 is 0 Å². The van der Waals surface area contributed by atoms with Gasteiger partial charge in [-0.05, 0) is 42.7 Å². The van der Waals surface area contributed by atoms with Crippen LogP contribution in [0.3, 0.4) is 0 Å². The monoisotopic (exact) mass is 420 g/mol. The van der Waals surface area contributed by atoms with E-state index in [1.165, 1.54) is 12.1 Å². The number of carbonyl (C=O) groups is 1. The molecule has 4 N–H and O–H groups in total. The van der Waals surface area contributed by atoms with Gasteiger partial charge >= 0.3 is 0 Å². The van der Waals surface area contributed by atoms with Gasteiger partial charge in [-0.2, -0.15) is 5.26 Å². The van der Waals surface area contributed by atoms with Crippen molar-refractivity contribution in [1.29, 1.82) is 5.26 Å². The van der Waals surface area contributed by atoms with E-state index in [2.05, 4.69) is 6.07 Å². The van der Waals surface area contributed by atoms with Gasteiger partial charge in [0, 0.05) is 23.4 Å². The SMILES string of the molecule is N#CC1=C(N)N(c2ccc(S(N)(=O)=O)cc2)C2=C(C(=O)CCC2)[C@H]1c1ccccc1. The Morgan fingerprint density at radius 1 is 1.03 bits per heavy atom. The summed E-state index contributed by atoms with van der Waals surface area (Å²) in [5.41, 5.74) is 9.50. The molecule has 2 aromatic carbocycles. The number of sulfonamides is 1. The zero-order valence-electron chi connectivity index (χ0n) is 16.1. The van der Waals surface area contributed by atoms with Gasteiger partial charge in [-0.15, -0.1) is 0 Å². The Morgan fingerprint density at radius 2 is 1.70 bits per heavy atom. The molecule has 152 valence electrons. The highest BCUT2D eigenvalue weighted by Crippen LogP contribution is 2.46. The number of anilines is 1. The maximum atomic E-state index is 13.0. The summed E-state index contributed by atoms with van der Waals surface area (Å²) in [5.74, 6) is -0.279. The van der Waals surface area contributed by atoms with Crippen LogP contribution in [0.25, 0.3) is 0 Å². The molecule has 4 rings (SSSR count). The van der Waals surface area contributed by atoms with Crippen molar-refractivity contribution in [2.75, 3.05) is 4.90 Å². The number of nitriles is 1. The third-order valence-corrected chi connectivity index (χ3v) is 6.40. The van der Waals surface area contributed by atoms with E-state index >= 15 is 0 Å². The number of benzene rings is 2. The molecule has 2 aliphatic rings. The van der Waals surface area contributed by atoms with Crippen LogP contribution in [0.5, 0.6) is 0 Å². The molecule has 8 heteroatoms. The van der Waals surface area contributed by atoms with E-state index in [1.807, 2.05) is 30.3 Å². The first-order valence-electron chi connectivity index (χ1n) is 9.47. The molecule has 0 bridgehead atoms. The van der Waals surface area contributed by atoms with Crippen molar-refractivity contribution in [3.63, 3.8) is 0 Å². The number of carbonyl (C=O) groups excluding carboxylic acids is 1. The lowest BCUT2D eigenvalue weighted by Crippen LogP contribution is -2.38. The van der Waals surface area contributed by atoms with E-state index in [0.29, 0.717) is 36.1 Å². The number of nitrogens with two attached hydrogens (primary N) is 2. The van der Waals surface area contributed by atoms with Crippen molar-refractivity contribution in [2.45, 2.75) is 30.1 Å². The molecular weight excluding hydrogens is 400 g/mol. The quantitative estimate of drug-likeness (QED) is 0.785. The van der Waals surface area contributed by atoms with Crippen molar-refractivity contribution in [3.8, 4) is 6.07 Å². The lowest BCUT2D eigenvalue weighted by Gasteiger charge is -2.39. The molecule has 1 aliphatic heterocycles. The minimum atomic E-state index is -3.84. The number of nitrogens with zero attached hydrogens (tertiary/aromatic N) is 2. The first kappa shape index (κ1) is 19.9. The predicted octanol–water partition coefficient (Wildman–Crippen LogP) is 2.64. The van der Waals surface area contributed by atoms with E-state index < -0.39 is 15.9 Å². The number of hydrogen-bond donors (Lipinski definition) is 2. The molecule has 1 heterocycles. The zero-order valence-corrected chi connectivity index (χ0v) is 16.9. The van der Waals surface area contributed by atoms with E-state index in [-0.39, 0.29) is 16.5 Å². The summed E-state index contributed by atoms with van der Waals surface area (Å²) in [5, 5.41) is 15.1. The molecule has 0 unspecified atom stereocenters. The maximum Gasteiger partial charge on any atom is 0.238 e. The first-order chi connectivity index (χ1) is 14.3. The average molecular weight is 420 g/mol. The van der Waals surface area contributed by atoms with Crippen molar-refractivity contribution in [2.24, 2.45) is 10.9 Å². The molecular formula is C22H20N4O3S. The minimum absolute atomic E-state index is 0.00323. The summed E-state index contributed by atoms with van der Waals surface area (Å²) >= 11 is 0. The van der Waals surface area contributed by atoms with Crippen molar-refractivity contribution in [3.05, 3.63) is 82.8 Å². The molecule has 0 amide bonds. The number of allylic oxidation sites excluding steroid dienone is 3. The van der Waals surface area contributed by atoms with Crippen molar-refractivity contribution < 1.29 is 13.2 Å². The van der Waals surface area contributed by atoms with Gasteiger partial charge in [0.1, 0.15) is 5.82 Å². The highest BCUT2D eigenvalue weighted by Gasteiger charge is 2.40. The second-order valence-electron chi connectivity index (χ2n) is 7.27. The first-order valence-corrected chi connectivity index (χ1v) is 11.0. The van der Waals surface area contributed by atoms with Crippen LogP contribution in [0.15, 0.2) is 82.2 Å². The van der Waals surface area contributed by atoms with Crippen LogP contribution in [0.4, 0.5) is 5.69 Å².